The lowest BCUT2D eigenvalue weighted by molar-refractivity contribution is 0.102. The van der Waals surface area contributed by atoms with Crippen LogP contribution < -0.4 is 19.5 Å². The third-order valence-corrected chi connectivity index (χ3v) is 3.86. The van der Waals surface area contributed by atoms with Crippen molar-refractivity contribution in [3.63, 3.8) is 0 Å². The number of amides is 1. The topological polar surface area (TPSA) is 74.6 Å². The standard InChI is InChI=1S/C19H18FN3O4/c1-25-16-8-14(9-17(26-2)18(16)27-3)22-19(24)12-10-21-23(11-12)15-6-4-13(20)5-7-15/h4-11H,1-3H3,(H,22,24). The molecule has 140 valence electrons. The van der Waals surface area contributed by atoms with Crippen molar-refractivity contribution in [3.05, 3.63) is 60.2 Å². The molecule has 1 aromatic heterocycles. The smallest absolute Gasteiger partial charge is 0.258 e. The van der Waals surface area contributed by atoms with Crippen LogP contribution in [0.1, 0.15) is 10.4 Å². The molecule has 0 fully saturated rings. The summed E-state index contributed by atoms with van der Waals surface area (Å²) in [5, 5.41) is 6.90. The largest absolute Gasteiger partial charge is 0.493 e. The molecule has 3 rings (SSSR count). The molecule has 1 amide bonds. The van der Waals surface area contributed by atoms with E-state index in [9.17, 15) is 9.18 Å². The highest BCUT2D eigenvalue weighted by molar-refractivity contribution is 6.04. The zero-order valence-corrected chi connectivity index (χ0v) is 15.0. The van der Waals surface area contributed by atoms with E-state index < -0.39 is 0 Å². The lowest BCUT2D eigenvalue weighted by Crippen LogP contribution is -2.11. The van der Waals surface area contributed by atoms with E-state index in [1.165, 1.54) is 44.3 Å². The Morgan fingerprint density at radius 3 is 2.22 bits per heavy atom. The number of methoxy groups -OCH3 is 3. The molecule has 1 N–H and O–H groups in total. The molecule has 0 aliphatic carbocycles. The van der Waals surface area contributed by atoms with E-state index in [4.69, 9.17) is 14.2 Å². The van der Waals surface area contributed by atoms with Gasteiger partial charge in [0.15, 0.2) is 11.5 Å². The summed E-state index contributed by atoms with van der Waals surface area (Å²) in [6, 6.07) is 9.05. The quantitative estimate of drug-likeness (QED) is 0.720. The van der Waals surface area contributed by atoms with Crippen molar-refractivity contribution in [3.8, 4) is 22.9 Å². The monoisotopic (exact) mass is 371 g/mol. The van der Waals surface area contributed by atoms with Crippen LogP contribution in [0.15, 0.2) is 48.8 Å². The maximum Gasteiger partial charge on any atom is 0.258 e. The van der Waals surface area contributed by atoms with Crippen molar-refractivity contribution < 1.29 is 23.4 Å². The predicted molar refractivity (Wildman–Crippen MR) is 97.6 cm³/mol. The van der Waals surface area contributed by atoms with Gasteiger partial charge in [0.05, 0.1) is 38.8 Å². The molecule has 0 aliphatic rings. The molecule has 8 heteroatoms. The van der Waals surface area contributed by atoms with E-state index in [2.05, 4.69) is 10.4 Å². The fourth-order valence-corrected chi connectivity index (χ4v) is 2.53. The number of aromatic nitrogens is 2. The molecule has 0 aliphatic heterocycles. The Morgan fingerprint density at radius 2 is 1.67 bits per heavy atom. The number of hydrogen-bond acceptors (Lipinski definition) is 5. The number of anilines is 1. The van der Waals surface area contributed by atoms with Gasteiger partial charge in [0.2, 0.25) is 5.75 Å². The second-order valence-electron chi connectivity index (χ2n) is 5.52. The SMILES string of the molecule is COc1cc(NC(=O)c2cnn(-c3ccc(F)cc3)c2)cc(OC)c1OC. The van der Waals surface area contributed by atoms with Gasteiger partial charge in [-0.05, 0) is 24.3 Å². The fraction of sp³-hybridized carbons (Fsp3) is 0.158. The van der Waals surface area contributed by atoms with E-state index in [1.807, 2.05) is 0 Å². The summed E-state index contributed by atoms with van der Waals surface area (Å²) in [5.41, 5.74) is 1.46. The van der Waals surface area contributed by atoms with E-state index in [1.54, 1.807) is 30.5 Å². The summed E-state index contributed by atoms with van der Waals surface area (Å²) in [5.74, 6) is 0.578. The first-order valence-electron chi connectivity index (χ1n) is 7.97. The Hall–Kier alpha value is -3.55. The van der Waals surface area contributed by atoms with Gasteiger partial charge >= 0.3 is 0 Å². The third-order valence-electron chi connectivity index (χ3n) is 3.86. The van der Waals surface area contributed by atoms with Crippen LogP contribution in [0.4, 0.5) is 10.1 Å². The summed E-state index contributed by atoms with van der Waals surface area (Å²) in [6.45, 7) is 0. The summed E-state index contributed by atoms with van der Waals surface area (Å²) in [4.78, 5) is 12.5. The molecule has 1 heterocycles. The molecule has 2 aromatic carbocycles. The lowest BCUT2D eigenvalue weighted by atomic mass is 10.2. The van der Waals surface area contributed by atoms with Crippen LogP contribution in [-0.4, -0.2) is 37.0 Å². The molecule has 0 unspecified atom stereocenters. The Labute approximate surface area is 155 Å². The minimum atomic E-state index is -0.363. The number of nitrogens with zero attached hydrogens (tertiary/aromatic N) is 2. The highest BCUT2D eigenvalue weighted by Gasteiger charge is 2.16. The molecule has 7 nitrogen and oxygen atoms in total. The molecule has 0 atom stereocenters. The van der Waals surface area contributed by atoms with Crippen molar-refractivity contribution in [1.29, 1.82) is 0 Å². The first-order chi connectivity index (χ1) is 13.0. The van der Waals surface area contributed by atoms with Crippen molar-refractivity contribution in [2.75, 3.05) is 26.6 Å². The van der Waals surface area contributed by atoms with Crippen LogP contribution in [0.5, 0.6) is 17.2 Å². The highest BCUT2D eigenvalue weighted by atomic mass is 19.1. The number of carbonyl (C=O) groups is 1. The fourth-order valence-electron chi connectivity index (χ4n) is 2.53. The van der Waals surface area contributed by atoms with Crippen LogP contribution in [0, 0.1) is 5.82 Å². The number of halogens is 1. The molecule has 3 aromatic rings. The minimum absolute atomic E-state index is 0.341. The van der Waals surface area contributed by atoms with Gasteiger partial charge in [0, 0.05) is 24.0 Å². The van der Waals surface area contributed by atoms with E-state index in [0.717, 1.165) is 0 Å². The van der Waals surface area contributed by atoms with Crippen molar-refractivity contribution in [2.45, 2.75) is 0 Å². The van der Waals surface area contributed by atoms with E-state index in [0.29, 0.717) is 34.2 Å². The maximum atomic E-state index is 13.0. The van der Waals surface area contributed by atoms with Crippen molar-refractivity contribution >= 4 is 11.6 Å². The number of nitrogens with one attached hydrogen (secondary N) is 1. The van der Waals surface area contributed by atoms with Gasteiger partial charge < -0.3 is 19.5 Å². The Bertz CT molecular complexity index is 929. The number of hydrogen-bond donors (Lipinski definition) is 1. The van der Waals surface area contributed by atoms with Gasteiger partial charge in [-0.2, -0.15) is 5.10 Å². The normalized spacial score (nSPS) is 10.4. The minimum Gasteiger partial charge on any atom is -0.493 e. The molecule has 0 radical (unpaired) electrons. The summed E-state index contributed by atoms with van der Waals surface area (Å²) >= 11 is 0. The van der Waals surface area contributed by atoms with E-state index >= 15 is 0 Å². The molecule has 0 spiro atoms. The zero-order chi connectivity index (χ0) is 19.4. The average molecular weight is 371 g/mol. The number of benzene rings is 2. The number of rotatable bonds is 6. The predicted octanol–water partition coefficient (Wildman–Crippen LogP) is 3.29. The van der Waals surface area contributed by atoms with Crippen molar-refractivity contribution in [2.24, 2.45) is 0 Å². The van der Waals surface area contributed by atoms with Crippen LogP contribution in [0.3, 0.4) is 0 Å². The van der Waals surface area contributed by atoms with Gasteiger partial charge in [-0.1, -0.05) is 0 Å². The third kappa shape index (κ3) is 3.84. The Balaban J connectivity index is 1.82. The zero-order valence-electron chi connectivity index (χ0n) is 15.0. The van der Waals surface area contributed by atoms with Gasteiger partial charge in [-0.3, -0.25) is 4.79 Å². The van der Waals surface area contributed by atoms with Crippen LogP contribution in [0.25, 0.3) is 5.69 Å². The second-order valence-corrected chi connectivity index (χ2v) is 5.52. The molecule has 0 bridgehead atoms. The number of ether oxygens (including phenoxy) is 3. The second kappa shape index (κ2) is 7.77. The summed E-state index contributed by atoms with van der Waals surface area (Å²) < 4.78 is 30.3. The van der Waals surface area contributed by atoms with Crippen LogP contribution >= 0.6 is 0 Å². The molecule has 27 heavy (non-hydrogen) atoms. The van der Waals surface area contributed by atoms with Gasteiger partial charge in [0.25, 0.3) is 5.91 Å². The maximum absolute atomic E-state index is 13.0. The van der Waals surface area contributed by atoms with Crippen LogP contribution in [-0.2, 0) is 0 Å². The van der Waals surface area contributed by atoms with Crippen molar-refractivity contribution in [1.82, 2.24) is 9.78 Å². The molecule has 0 saturated carbocycles. The molecular weight excluding hydrogens is 353 g/mol. The Kier molecular flexibility index (Phi) is 5.25. The first kappa shape index (κ1) is 18.2. The Morgan fingerprint density at radius 1 is 1.04 bits per heavy atom. The van der Waals surface area contributed by atoms with Gasteiger partial charge in [-0.25, -0.2) is 9.07 Å². The highest BCUT2D eigenvalue weighted by Crippen LogP contribution is 2.40. The summed E-state index contributed by atoms with van der Waals surface area (Å²) in [7, 11) is 4.49. The van der Waals surface area contributed by atoms with Gasteiger partial charge in [0.1, 0.15) is 5.82 Å². The van der Waals surface area contributed by atoms with Gasteiger partial charge in [-0.15, -0.1) is 0 Å². The number of carbonyl (C=O) groups excluding carboxylic acids is 1. The van der Waals surface area contributed by atoms with Crippen LogP contribution in [0.2, 0.25) is 0 Å². The molecular formula is C19H18FN3O4. The lowest BCUT2D eigenvalue weighted by Gasteiger charge is -2.14. The average Bonchev–Trinajstić information content (AvgIpc) is 3.18. The van der Waals surface area contributed by atoms with E-state index in [-0.39, 0.29) is 11.7 Å². The summed E-state index contributed by atoms with van der Waals surface area (Å²) in [6.07, 6.45) is 2.98. The molecule has 0 saturated heterocycles. The first-order valence-corrected chi connectivity index (χ1v) is 7.97.